The molecule has 0 aliphatic carbocycles. The lowest BCUT2D eigenvalue weighted by Gasteiger charge is -2.29. The Kier molecular flexibility index (Phi) is 4.61. The standard InChI is InChI=1S/C12H16O4/c1-14-9-11(13)12(15-2,16-3)10-7-5-4-6-8-10/h4-8H,9H2,1-3H3. The van der Waals surface area contributed by atoms with Crippen molar-refractivity contribution in [1.82, 2.24) is 0 Å². The fourth-order valence-corrected chi connectivity index (χ4v) is 1.59. The van der Waals surface area contributed by atoms with Gasteiger partial charge in [0.2, 0.25) is 5.78 Å². The van der Waals surface area contributed by atoms with E-state index in [0.717, 1.165) is 0 Å². The fraction of sp³-hybridized carbons (Fsp3) is 0.417. The molecule has 0 spiro atoms. The Bertz CT molecular complexity index is 330. The molecule has 0 fully saturated rings. The van der Waals surface area contributed by atoms with Gasteiger partial charge in [0.15, 0.2) is 0 Å². The minimum absolute atomic E-state index is 0.0590. The predicted molar refractivity (Wildman–Crippen MR) is 59.0 cm³/mol. The van der Waals surface area contributed by atoms with Crippen molar-refractivity contribution in [1.29, 1.82) is 0 Å². The maximum Gasteiger partial charge on any atom is 0.258 e. The lowest BCUT2D eigenvalue weighted by molar-refractivity contribution is -0.216. The van der Waals surface area contributed by atoms with Gasteiger partial charge in [-0.1, -0.05) is 30.3 Å². The first-order valence-electron chi connectivity index (χ1n) is 4.89. The van der Waals surface area contributed by atoms with E-state index in [1.165, 1.54) is 21.3 Å². The van der Waals surface area contributed by atoms with E-state index in [-0.39, 0.29) is 12.4 Å². The second kappa shape index (κ2) is 5.75. The van der Waals surface area contributed by atoms with E-state index in [1.54, 1.807) is 12.1 Å². The number of rotatable bonds is 6. The van der Waals surface area contributed by atoms with Crippen molar-refractivity contribution in [3.05, 3.63) is 35.9 Å². The van der Waals surface area contributed by atoms with Crippen molar-refractivity contribution >= 4 is 5.78 Å². The van der Waals surface area contributed by atoms with E-state index in [1.807, 2.05) is 18.2 Å². The van der Waals surface area contributed by atoms with Crippen LogP contribution in [0.5, 0.6) is 0 Å². The van der Waals surface area contributed by atoms with Gasteiger partial charge in [0.1, 0.15) is 6.61 Å². The molecule has 1 aromatic rings. The lowest BCUT2D eigenvalue weighted by Crippen LogP contribution is -2.42. The number of ketones is 1. The largest absolute Gasteiger partial charge is 0.377 e. The Morgan fingerprint density at radius 3 is 2.12 bits per heavy atom. The number of benzene rings is 1. The van der Waals surface area contributed by atoms with Gasteiger partial charge in [-0.05, 0) is 0 Å². The van der Waals surface area contributed by atoms with Gasteiger partial charge in [0.05, 0.1) is 0 Å². The normalized spacial score (nSPS) is 11.4. The van der Waals surface area contributed by atoms with Gasteiger partial charge in [-0.3, -0.25) is 4.79 Å². The molecule has 0 aliphatic heterocycles. The van der Waals surface area contributed by atoms with Gasteiger partial charge in [-0.2, -0.15) is 0 Å². The Morgan fingerprint density at radius 1 is 1.12 bits per heavy atom. The molecule has 88 valence electrons. The summed E-state index contributed by atoms with van der Waals surface area (Å²) in [5, 5.41) is 0. The molecule has 0 bridgehead atoms. The van der Waals surface area contributed by atoms with E-state index in [2.05, 4.69) is 0 Å². The Morgan fingerprint density at radius 2 is 1.69 bits per heavy atom. The maximum absolute atomic E-state index is 12.0. The van der Waals surface area contributed by atoms with E-state index >= 15 is 0 Å². The first-order chi connectivity index (χ1) is 7.71. The SMILES string of the molecule is COCC(=O)C(OC)(OC)c1ccccc1. The Hall–Kier alpha value is -1.23. The van der Waals surface area contributed by atoms with Crippen LogP contribution in [0.25, 0.3) is 0 Å². The van der Waals surface area contributed by atoms with Crippen LogP contribution < -0.4 is 0 Å². The summed E-state index contributed by atoms with van der Waals surface area (Å²) in [6.07, 6.45) is 0. The smallest absolute Gasteiger partial charge is 0.258 e. The monoisotopic (exact) mass is 224 g/mol. The topological polar surface area (TPSA) is 44.8 Å². The maximum atomic E-state index is 12.0. The fourth-order valence-electron chi connectivity index (χ4n) is 1.59. The Labute approximate surface area is 95.1 Å². The van der Waals surface area contributed by atoms with E-state index in [0.29, 0.717) is 5.56 Å². The van der Waals surface area contributed by atoms with Gasteiger partial charge < -0.3 is 14.2 Å². The minimum atomic E-state index is -1.38. The number of hydrogen-bond donors (Lipinski definition) is 0. The number of carbonyl (C=O) groups excluding carboxylic acids is 1. The van der Waals surface area contributed by atoms with Crippen molar-refractivity contribution in [3.8, 4) is 0 Å². The van der Waals surface area contributed by atoms with E-state index in [4.69, 9.17) is 14.2 Å². The average molecular weight is 224 g/mol. The summed E-state index contributed by atoms with van der Waals surface area (Å²) in [5.74, 6) is -1.65. The highest BCUT2D eigenvalue weighted by Gasteiger charge is 2.40. The predicted octanol–water partition coefficient (Wildman–Crippen LogP) is 1.35. The summed E-state index contributed by atoms with van der Waals surface area (Å²) in [4.78, 5) is 12.0. The average Bonchev–Trinajstić information content (AvgIpc) is 2.33. The molecule has 4 nitrogen and oxygen atoms in total. The molecule has 16 heavy (non-hydrogen) atoms. The van der Waals surface area contributed by atoms with Gasteiger partial charge >= 0.3 is 0 Å². The summed E-state index contributed by atoms with van der Waals surface area (Å²) in [5.41, 5.74) is 0.655. The molecule has 0 radical (unpaired) electrons. The third-order valence-corrected chi connectivity index (χ3v) is 2.37. The highest BCUT2D eigenvalue weighted by atomic mass is 16.7. The molecule has 0 unspecified atom stereocenters. The lowest BCUT2D eigenvalue weighted by atomic mass is 10.0. The van der Waals surface area contributed by atoms with Crippen LogP contribution in [-0.2, 0) is 24.8 Å². The number of methoxy groups -OCH3 is 3. The summed E-state index contributed by atoms with van der Waals surface area (Å²) in [6, 6.07) is 9.06. The third-order valence-electron chi connectivity index (χ3n) is 2.37. The van der Waals surface area contributed by atoms with Crippen LogP contribution in [0.15, 0.2) is 30.3 Å². The van der Waals surface area contributed by atoms with Crippen molar-refractivity contribution in [2.24, 2.45) is 0 Å². The number of Topliss-reactive ketones (excluding diaryl/α,β-unsaturated/α-hetero) is 1. The third kappa shape index (κ3) is 2.29. The van der Waals surface area contributed by atoms with Crippen molar-refractivity contribution in [2.75, 3.05) is 27.9 Å². The zero-order chi connectivity index (χ0) is 12.0. The molecule has 0 amide bonds. The van der Waals surface area contributed by atoms with Crippen LogP contribution in [0.2, 0.25) is 0 Å². The number of hydrogen-bond acceptors (Lipinski definition) is 4. The quantitative estimate of drug-likeness (QED) is 0.684. The second-order valence-corrected chi connectivity index (χ2v) is 3.25. The van der Waals surface area contributed by atoms with E-state index in [9.17, 15) is 4.79 Å². The van der Waals surface area contributed by atoms with Gasteiger partial charge in [-0.15, -0.1) is 0 Å². The van der Waals surface area contributed by atoms with Crippen LogP contribution in [0.1, 0.15) is 5.56 Å². The van der Waals surface area contributed by atoms with E-state index < -0.39 is 5.79 Å². The van der Waals surface area contributed by atoms with Gasteiger partial charge in [-0.25, -0.2) is 0 Å². The summed E-state index contributed by atoms with van der Waals surface area (Å²) >= 11 is 0. The zero-order valence-corrected chi connectivity index (χ0v) is 9.73. The first kappa shape index (κ1) is 12.8. The van der Waals surface area contributed by atoms with Crippen LogP contribution in [-0.4, -0.2) is 33.7 Å². The molecule has 1 rings (SSSR count). The van der Waals surface area contributed by atoms with Crippen LogP contribution in [0.3, 0.4) is 0 Å². The first-order valence-corrected chi connectivity index (χ1v) is 4.89. The molecule has 0 atom stereocenters. The summed E-state index contributed by atoms with van der Waals surface area (Å²) < 4.78 is 15.3. The van der Waals surface area contributed by atoms with Crippen LogP contribution in [0.4, 0.5) is 0 Å². The number of ether oxygens (including phenoxy) is 3. The highest BCUT2D eigenvalue weighted by Crippen LogP contribution is 2.27. The molecule has 0 saturated heterocycles. The molecule has 0 aliphatic rings. The van der Waals surface area contributed by atoms with Crippen LogP contribution in [0, 0.1) is 0 Å². The Balaban J connectivity index is 3.10. The summed E-state index contributed by atoms with van der Waals surface area (Å²) in [6.45, 7) is -0.0590. The molecule has 4 heteroatoms. The second-order valence-electron chi connectivity index (χ2n) is 3.25. The molecule has 1 aromatic carbocycles. The summed E-state index contributed by atoms with van der Waals surface area (Å²) in [7, 11) is 4.33. The molecule has 0 saturated carbocycles. The molecule has 0 aromatic heterocycles. The van der Waals surface area contributed by atoms with Gasteiger partial charge in [0, 0.05) is 26.9 Å². The van der Waals surface area contributed by atoms with Crippen molar-refractivity contribution in [2.45, 2.75) is 5.79 Å². The zero-order valence-electron chi connectivity index (χ0n) is 9.73. The minimum Gasteiger partial charge on any atom is -0.377 e. The van der Waals surface area contributed by atoms with Crippen LogP contribution >= 0.6 is 0 Å². The molecular formula is C12H16O4. The molecule has 0 heterocycles. The molecular weight excluding hydrogens is 208 g/mol. The van der Waals surface area contributed by atoms with Crippen molar-refractivity contribution in [3.63, 3.8) is 0 Å². The highest BCUT2D eigenvalue weighted by molar-refractivity contribution is 5.88. The van der Waals surface area contributed by atoms with Crippen molar-refractivity contribution < 1.29 is 19.0 Å². The molecule has 0 N–H and O–H groups in total. The number of carbonyl (C=O) groups is 1. The van der Waals surface area contributed by atoms with Gasteiger partial charge in [0.25, 0.3) is 5.79 Å².